The van der Waals surface area contributed by atoms with E-state index < -0.39 is 16.9 Å². The van der Waals surface area contributed by atoms with Gasteiger partial charge in [-0.25, -0.2) is 0 Å². The standard InChI is InChI=1S/C17H18N2O5/c1-11-3-5-12(6-4-11)15(20)10-18-17(21)13-7-8-16(24-2)14(9-13)19(22)23/h3-9,15,20H,10H2,1-2H3,(H,18,21)/t15-/m0/s1. The van der Waals surface area contributed by atoms with Crippen molar-refractivity contribution in [2.75, 3.05) is 13.7 Å². The Balaban J connectivity index is 2.05. The Morgan fingerprint density at radius 2 is 1.96 bits per heavy atom. The average Bonchev–Trinajstić information content (AvgIpc) is 2.59. The molecule has 24 heavy (non-hydrogen) atoms. The second kappa shape index (κ2) is 7.56. The highest BCUT2D eigenvalue weighted by Crippen LogP contribution is 2.27. The molecular formula is C17H18N2O5. The molecule has 7 heteroatoms. The number of aryl methyl sites for hydroxylation is 1. The number of nitro groups is 1. The number of ether oxygens (including phenoxy) is 1. The summed E-state index contributed by atoms with van der Waals surface area (Å²) in [6.45, 7) is 1.94. The lowest BCUT2D eigenvalue weighted by molar-refractivity contribution is -0.385. The predicted octanol–water partition coefficient (Wildman–Crippen LogP) is 2.38. The van der Waals surface area contributed by atoms with Crippen LogP contribution in [-0.4, -0.2) is 29.6 Å². The summed E-state index contributed by atoms with van der Waals surface area (Å²) in [7, 11) is 1.32. The molecule has 0 bridgehead atoms. The highest BCUT2D eigenvalue weighted by Gasteiger charge is 2.18. The van der Waals surface area contributed by atoms with Gasteiger partial charge in [-0.1, -0.05) is 29.8 Å². The van der Waals surface area contributed by atoms with Crippen LogP contribution < -0.4 is 10.1 Å². The highest BCUT2D eigenvalue weighted by molar-refractivity contribution is 5.95. The smallest absolute Gasteiger partial charge is 0.311 e. The third-order valence-corrected chi connectivity index (χ3v) is 3.56. The van der Waals surface area contributed by atoms with Crippen LogP contribution in [0.3, 0.4) is 0 Å². The summed E-state index contributed by atoms with van der Waals surface area (Å²) in [6.07, 6.45) is -0.859. The van der Waals surface area contributed by atoms with Crippen molar-refractivity contribution < 1.29 is 19.6 Å². The van der Waals surface area contributed by atoms with E-state index in [1.165, 1.54) is 19.2 Å². The number of amides is 1. The molecule has 2 aromatic carbocycles. The lowest BCUT2D eigenvalue weighted by Crippen LogP contribution is -2.28. The fourth-order valence-corrected chi connectivity index (χ4v) is 2.17. The lowest BCUT2D eigenvalue weighted by atomic mass is 10.1. The molecule has 2 rings (SSSR count). The second-order valence-electron chi connectivity index (χ2n) is 5.28. The Bertz CT molecular complexity index is 743. The molecule has 0 aromatic heterocycles. The normalized spacial score (nSPS) is 11.6. The first-order chi connectivity index (χ1) is 11.4. The molecule has 2 aromatic rings. The molecule has 0 aliphatic heterocycles. The summed E-state index contributed by atoms with van der Waals surface area (Å²) < 4.78 is 4.89. The number of nitrogens with one attached hydrogen (secondary N) is 1. The number of nitro benzene ring substituents is 1. The maximum atomic E-state index is 12.1. The van der Waals surface area contributed by atoms with Crippen LogP contribution in [-0.2, 0) is 0 Å². The van der Waals surface area contributed by atoms with Gasteiger partial charge in [0.2, 0.25) is 0 Å². The van der Waals surface area contributed by atoms with Crippen LogP contribution in [0.2, 0.25) is 0 Å². The van der Waals surface area contributed by atoms with Gasteiger partial charge >= 0.3 is 5.69 Å². The summed E-state index contributed by atoms with van der Waals surface area (Å²) in [6, 6.07) is 11.2. The molecule has 2 N–H and O–H groups in total. The number of carbonyl (C=O) groups excluding carboxylic acids is 1. The van der Waals surface area contributed by atoms with Gasteiger partial charge in [0.25, 0.3) is 5.91 Å². The van der Waals surface area contributed by atoms with Gasteiger partial charge in [-0.3, -0.25) is 14.9 Å². The topological polar surface area (TPSA) is 102 Å². The number of hydrogen-bond donors (Lipinski definition) is 2. The highest BCUT2D eigenvalue weighted by atomic mass is 16.6. The van der Waals surface area contributed by atoms with Crippen molar-refractivity contribution in [3.8, 4) is 5.75 Å². The molecule has 0 fully saturated rings. The molecule has 0 saturated carbocycles. The molecule has 1 atom stereocenters. The van der Waals surface area contributed by atoms with Crippen LogP contribution in [0, 0.1) is 17.0 Å². The maximum absolute atomic E-state index is 12.1. The molecule has 0 aliphatic rings. The molecular weight excluding hydrogens is 312 g/mol. The van der Waals surface area contributed by atoms with E-state index in [1.807, 2.05) is 19.1 Å². The quantitative estimate of drug-likeness (QED) is 0.625. The number of hydrogen-bond acceptors (Lipinski definition) is 5. The molecule has 1 amide bonds. The number of nitrogens with zero attached hydrogens (tertiary/aromatic N) is 1. The zero-order chi connectivity index (χ0) is 17.7. The molecule has 0 saturated heterocycles. The molecule has 126 valence electrons. The number of aliphatic hydroxyl groups excluding tert-OH is 1. The Hall–Kier alpha value is -2.93. The first-order valence-corrected chi connectivity index (χ1v) is 7.27. The van der Waals surface area contributed by atoms with E-state index >= 15 is 0 Å². The van der Waals surface area contributed by atoms with Gasteiger partial charge in [0.15, 0.2) is 5.75 Å². The Kier molecular flexibility index (Phi) is 5.49. The van der Waals surface area contributed by atoms with Gasteiger partial charge in [-0.05, 0) is 24.6 Å². The number of aliphatic hydroxyl groups is 1. The van der Waals surface area contributed by atoms with Gasteiger partial charge in [0, 0.05) is 18.2 Å². The van der Waals surface area contributed by atoms with Crippen molar-refractivity contribution in [1.29, 1.82) is 0 Å². The van der Waals surface area contributed by atoms with Gasteiger partial charge < -0.3 is 15.2 Å². The summed E-state index contributed by atoms with van der Waals surface area (Å²) >= 11 is 0. The summed E-state index contributed by atoms with van der Waals surface area (Å²) in [5.41, 5.74) is 1.59. The molecule has 0 heterocycles. The van der Waals surface area contributed by atoms with Crippen LogP contribution in [0.4, 0.5) is 5.69 Å². The molecule has 0 radical (unpaired) electrons. The third kappa shape index (κ3) is 4.08. The Morgan fingerprint density at radius 3 is 2.54 bits per heavy atom. The van der Waals surface area contributed by atoms with Gasteiger partial charge in [-0.15, -0.1) is 0 Å². The fraction of sp³-hybridized carbons (Fsp3) is 0.235. The minimum Gasteiger partial charge on any atom is -0.490 e. The number of benzene rings is 2. The van der Waals surface area contributed by atoms with Crippen LogP contribution in [0.15, 0.2) is 42.5 Å². The van der Waals surface area contributed by atoms with Gasteiger partial charge in [0.1, 0.15) is 0 Å². The van der Waals surface area contributed by atoms with E-state index in [1.54, 1.807) is 12.1 Å². The van der Waals surface area contributed by atoms with E-state index in [9.17, 15) is 20.0 Å². The summed E-state index contributed by atoms with van der Waals surface area (Å²) in [5, 5.41) is 23.6. The van der Waals surface area contributed by atoms with Crippen LogP contribution >= 0.6 is 0 Å². The Morgan fingerprint density at radius 1 is 1.29 bits per heavy atom. The largest absolute Gasteiger partial charge is 0.490 e. The van der Waals surface area contributed by atoms with Crippen molar-refractivity contribution in [2.24, 2.45) is 0 Å². The number of methoxy groups -OCH3 is 1. The first kappa shape index (κ1) is 17.4. The molecule has 0 aliphatic carbocycles. The van der Waals surface area contributed by atoms with Crippen molar-refractivity contribution in [3.63, 3.8) is 0 Å². The number of rotatable bonds is 6. The van der Waals surface area contributed by atoms with Crippen LogP contribution in [0.1, 0.15) is 27.6 Å². The molecule has 0 spiro atoms. The van der Waals surface area contributed by atoms with Crippen molar-refractivity contribution in [3.05, 3.63) is 69.3 Å². The third-order valence-electron chi connectivity index (χ3n) is 3.56. The summed E-state index contributed by atoms with van der Waals surface area (Å²) in [5.74, 6) is -0.428. The summed E-state index contributed by atoms with van der Waals surface area (Å²) in [4.78, 5) is 22.5. The van der Waals surface area contributed by atoms with Crippen molar-refractivity contribution in [1.82, 2.24) is 5.32 Å². The van der Waals surface area contributed by atoms with E-state index in [2.05, 4.69) is 5.32 Å². The zero-order valence-corrected chi connectivity index (χ0v) is 13.4. The zero-order valence-electron chi connectivity index (χ0n) is 13.4. The first-order valence-electron chi connectivity index (χ1n) is 7.27. The SMILES string of the molecule is COc1ccc(C(=O)NC[C@H](O)c2ccc(C)cc2)cc1[N+](=O)[O-]. The molecule has 7 nitrogen and oxygen atoms in total. The molecule has 0 unspecified atom stereocenters. The average molecular weight is 330 g/mol. The van der Waals surface area contributed by atoms with Crippen LogP contribution in [0.5, 0.6) is 5.75 Å². The Labute approximate surface area is 139 Å². The maximum Gasteiger partial charge on any atom is 0.311 e. The van der Waals surface area contributed by atoms with E-state index in [0.717, 1.165) is 11.6 Å². The number of carbonyl (C=O) groups is 1. The monoisotopic (exact) mass is 330 g/mol. The van der Waals surface area contributed by atoms with E-state index in [-0.39, 0.29) is 23.5 Å². The minimum absolute atomic E-state index is 0.00171. The minimum atomic E-state index is -0.859. The van der Waals surface area contributed by atoms with E-state index in [0.29, 0.717) is 5.56 Å². The van der Waals surface area contributed by atoms with Gasteiger partial charge in [-0.2, -0.15) is 0 Å². The van der Waals surface area contributed by atoms with Crippen LogP contribution in [0.25, 0.3) is 0 Å². The van der Waals surface area contributed by atoms with Gasteiger partial charge in [0.05, 0.1) is 18.1 Å². The lowest BCUT2D eigenvalue weighted by Gasteiger charge is -2.13. The fourth-order valence-electron chi connectivity index (χ4n) is 2.17. The van der Waals surface area contributed by atoms with Crippen molar-refractivity contribution in [2.45, 2.75) is 13.0 Å². The van der Waals surface area contributed by atoms with Crippen molar-refractivity contribution >= 4 is 11.6 Å². The second-order valence-corrected chi connectivity index (χ2v) is 5.28. The van der Waals surface area contributed by atoms with E-state index in [4.69, 9.17) is 4.74 Å². The predicted molar refractivity (Wildman–Crippen MR) is 88.1 cm³/mol.